The lowest BCUT2D eigenvalue weighted by Gasteiger charge is -2.51. The van der Waals surface area contributed by atoms with Gasteiger partial charge in [-0.15, -0.1) is 0 Å². The quantitative estimate of drug-likeness (QED) is 0.767. The second kappa shape index (κ2) is 6.19. The standard InChI is InChI=1S/C22H31NO3/c1-20-9-6-17-16-7-11-22(25-2,26-3)14-15(16)4-5-18(17)19(20)8-10-21(20,24)12-13-23/h6,18-19,24H,4-5,7-12,14H2,1-3H3/t18-,19+,20+,21-/m1/s1. The van der Waals surface area contributed by atoms with Crippen LogP contribution in [0.1, 0.15) is 64.7 Å². The second-order valence-corrected chi connectivity index (χ2v) is 9.02. The van der Waals surface area contributed by atoms with E-state index >= 15 is 0 Å². The number of nitrogens with zero attached hydrogens (tertiary/aromatic N) is 1. The Morgan fingerprint density at radius 2 is 2.00 bits per heavy atom. The molecule has 4 nitrogen and oxygen atoms in total. The van der Waals surface area contributed by atoms with Crippen LogP contribution < -0.4 is 0 Å². The Kier molecular flexibility index (Phi) is 4.34. The highest BCUT2D eigenvalue weighted by molar-refractivity contribution is 5.45. The van der Waals surface area contributed by atoms with Gasteiger partial charge in [0.05, 0.1) is 18.1 Å². The Balaban J connectivity index is 1.67. The van der Waals surface area contributed by atoms with Gasteiger partial charge in [-0.05, 0) is 61.5 Å². The fourth-order valence-corrected chi connectivity index (χ4v) is 6.51. The minimum atomic E-state index is -0.822. The number of hydrogen-bond donors (Lipinski definition) is 1. The minimum absolute atomic E-state index is 0.160. The smallest absolute Gasteiger partial charge is 0.171 e. The van der Waals surface area contributed by atoms with Gasteiger partial charge in [0.2, 0.25) is 0 Å². The molecule has 0 saturated heterocycles. The fourth-order valence-electron chi connectivity index (χ4n) is 6.51. The highest BCUT2D eigenvalue weighted by Gasteiger charge is 2.60. The van der Waals surface area contributed by atoms with E-state index in [0.717, 1.165) is 51.4 Å². The number of allylic oxidation sites excluding steroid dienone is 3. The Morgan fingerprint density at radius 3 is 2.69 bits per heavy atom. The number of fused-ring (bicyclic) bond motifs is 4. The molecule has 0 aromatic rings. The minimum Gasteiger partial charge on any atom is -0.388 e. The van der Waals surface area contributed by atoms with E-state index in [4.69, 9.17) is 9.47 Å². The first kappa shape index (κ1) is 18.2. The lowest BCUT2D eigenvalue weighted by atomic mass is 9.56. The number of hydrogen-bond acceptors (Lipinski definition) is 4. The predicted molar refractivity (Wildman–Crippen MR) is 99.1 cm³/mol. The zero-order chi connectivity index (χ0) is 18.6. The van der Waals surface area contributed by atoms with Crippen LogP contribution >= 0.6 is 0 Å². The molecule has 26 heavy (non-hydrogen) atoms. The van der Waals surface area contributed by atoms with E-state index in [1.54, 1.807) is 19.8 Å². The predicted octanol–water partition coefficient (Wildman–Crippen LogP) is 4.26. The number of rotatable bonds is 3. The summed E-state index contributed by atoms with van der Waals surface area (Å²) in [7, 11) is 3.50. The van der Waals surface area contributed by atoms with Gasteiger partial charge in [-0.2, -0.15) is 5.26 Å². The molecule has 0 aliphatic heterocycles. The summed E-state index contributed by atoms with van der Waals surface area (Å²) in [4.78, 5) is 0. The maximum absolute atomic E-state index is 11.2. The van der Waals surface area contributed by atoms with Crippen LogP contribution in [0.4, 0.5) is 0 Å². The van der Waals surface area contributed by atoms with E-state index in [-0.39, 0.29) is 11.8 Å². The van der Waals surface area contributed by atoms with Gasteiger partial charge >= 0.3 is 0 Å². The molecule has 0 heterocycles. The van der Waals surface area contributed by atoms with Crippen LogP contribution in [0.2, 0.25) is 0 Å². The molecule has 1 saturated carbocycles. The van der Waals surface area contributed by atoms with Crippen LogP contribution in [0, 0.1) is 28.6 Å². The molecule has 1 fully saturated rings. The molecular formula is C22H31NO3. The van der Waals surface area contributed by atoms with E-state index in [2.05, 4.69) is 19.1 Å². The Morgan fingerprint density at radius 1 is 1.23 bits per heavy atom. The average Bonchev–Trinajstić information content (AvgIpc) is 2.92. The average molecular weight is 357 g/mol. The lowest BCUT2D eigenvalue weighted by molar-refractivity contribution is -0.212. The van der Waals surface area contributed by atoms with Crippen molar-refractivity contribution in [3.05, 3.63) is 22.8 Å². The summed E-state index contributed by atoms with van der Waals surface area (Å²) in [5.74, 6) is 0.583. The normalized spacial score (nSPS) is 41.0. The van der Waals surface area contributed by atoms with E-state index < -0.39 is 11.4 Å². The monoisotopic (exact) mass is 357 g/mol. The van der Waals surface area contributed by atoms with E-state index in [1.807, 2.05) is 0 Å². The van der Waals surface area contributed by atoms with Crippen LogP contribution in [0.5, 0.6) is 0 Å². The molecule has 0 radical (unpaired) electrons. The molecular weight excluding hydrogens is 326 g/mol. The van der Waals surface area contributed by atoms with Gasteiger partial charge in [-0.3, -0.25) is 0 Å². The van der Waals surface area contributed by atoms with Gasteiger partial charge in [0.15, 0.2) is 5.79 Å². The van der Waals surface area contributed by atoms with E-state index in [0.29, 0.717) is 11.8 Å². The third-order valence-electron chi connectivity index (χ3n) is 8.27. The summed E-state index contributed by atoms with van der Waals surface area (Å²) >= 11 is 0. The highest BCUT2D eigenvalue weighted by atomic mass is 16.7. The molecule has 4 rings (SSSR count). The maximum atomic E-state index is 11.2. The number of nitriles is 1. The summed E-state index contributed by atoms with van der Waals surface area (Å²) in [6, 6.07) is 2.24. The molecule has 0 amide bonds. The third kappa shape index (κ3) is 2.37. The topological polar surface area (TPSA) is 62.5 Å². The number of ether oxygens (including phenoxy) is 2. The molecule has 1 N–H and O–H groups in total. The zero-order valence-electron chi connectivity index (χ0n) is 16.3. The van der Waals surface area contributed by atoms with Crippen molar-refractivity contribution in [1.29, 1.82) is 5.26 Å². The van der Waals surface area contributed by atoms with Crippen molar-refractivity contribution in [1.82, 2.24) is 0 Å². The maximum Gasteiger partial charge on any atom is 0.171 e. The Labute approximate surface area is 156 Å². The molecule has 0 aromatic carbocycles. The first-order valence-electron chi connectivity index (χ1n) is 10.0. The van der Waals surface area contributed by atoms with Crippen molar-refractivity contribution in [2.24, 2.45) is 17.3 Å². The van der Waals surface area contributed by atoms with Crippen molar-refractivity contribution >= 4 is 0 Å². The zero-order valence-corrected chi connectivity index (χ0v) is 16.3. The van der Waals surface area contributed by atoms with Crippen LogP contribution in [0.15, 0.2) is 22.8 Å². The van der Waals surface area contributed by atoms with Gasteiger partial charge in [0.1, 0.15) is 0 Å². The second-order valence-electron chi connectivity index (χ2n) is 9.02. The molecule has 0 bridgehead atoms. The van der Waals surface area contributed by atoms with E-state index in [9.17, 15) is 10.4 Å². The van der Waals surface area contributed by atoms with Crippen molar-refractivity contribution in [2.45, 2.75) is 76.1 Å². The van der Waals surface area contributed by atoms with E-state index in [1.165, 1.54) is 11.1 Å². The molecule has 4 heteroatoms. The SMILES string of the molecule is COC1(OC)CCC2=C(CC[C@@H]3C2=CC[C@@]2(C)[C@H]3CC[C@@]2(O)CC#N)C1. The Bertz CT molecular complexity index is 699. The summed E-state index contributed by atoms with van der Waals surface area (Å²) < 4.78 is 11.4. The molecule has 0 spiro atoms. The van der Waals surface area contributed by atoms with Crippen molar-refractivity contribution in [3.8, 4) is 6.07 Å². The molecule has 4 aliphatic carbocycles. The largest absolute Gasteiger partial charge is 0.388 e. The summed E-state index contributed by atoms with van der Waals surface area (Å²) in [5, 5.41) is 20.4. The lowest BCUT2D eigenvalue weighted by Crippen LogP contribution is -2.49. The van der Waals surface area contributed by atoms with Gasteiger partial charge in [0.25, 0.3) is 0 Å². The van der Waals surface area contributed by atoms with Crippen LogP contribution in [0.25, 0.3) is 0 Å². The molecule has 4 atom stereocenters. The first-order chi connectivity index (χ1) is 12.4. The van der Waals surface area contributed by atoms with Crippen LogP contribution in [0.3, 0.4) is 0 Å². The summed E-state index contributed by atoms with van der Waals surface area (Å²) in [6.07, 6.45) is 10.4. The summed E-state index contributed by atoms with van der Waals surface area (Å²) in [5.41, 5.74) is 3.61. The van der Waals surface area contributed by atoms with Crippen LogP contribution in [-0.4, -0.2) is 30.7 Å². The van der Waals surface area contributed by atoms with Gasteiger partial charge in [0, 0.05) is 32.5 Å². The van der Waals surface area contributed by atoms with Crippen molar-refractivity contribution in [3.63, 3.8) is 0 Å². The molecule has 0 unspecified atom stereocenters. The third-order valence-corrected chi connectivity index (χ3v) is 8.27. The number of methoxy groups -OCH3 is 2. The highest BCUT2D eigenvalue weighted by Crippen LogP contribution is 2.63. The molecule has 4 aliphatic rings. The fraction of sp³-hybridized carbons (Fsp3) is 0.773. The first-order valence-corrected chi connectivity index (χ1v) is 10.0. The van der Waals surface area contributed by atoms with Gasteiger partial charge in [-0.1, -0.05) is 18.6 Å². The van der Waals surface area contributed by atoms with Crippen molar-refractivity contribution in [2.75, 3.05) is 14.2 Å². The molecule has 0 aromatic heterocycles. The Hall–Kier alpha value is -1.15. The van der Waals surface area contributed by atoms with Crippen LogP contribution in [-0.2, 0) is 9.47 Å². The van der Waals surface area contributed by atoms with Gasteiger partial charge in [-0.25, -0.2) is 0 Å². The number of aliphatic hydroxyl groups is 1. The van der Waals surface area contributed by atoms with Gasteiger partial charge < -0.3 is 14.6 Å². The summed E-state index contributed by atoms with van der Waals surface area (Å²) in [6.45, 7) is 2.22. The molecule has 142 valence electrons. The van der Waals surface area contributed by atoms with Crippen molar-refractivity contribution < 1.29 is 14.6 Å².